The lowest BCUT2D eigenvalue weighted by Crippen LogP contribution is -2.28. The van der Waals surface area contributed by atoms with Crippen LogP contribution in [0.4, 0.5) is 0 Å². The largest absolute Gasteiger partial charge is 0.616 e. The summed E-state index contributed by atoms with van der Waals surface area (Å²) in [5.74, 6) is 0.234. The van der Waals surface area contributed by atoms with E-state index in [1.807, 2.05) is 0 Å². The van der Waals surface area contributed by atoms with Gasteiger partial charge in [0.05, 0.1) is 26.4 Å². The van der Waals surface area contributed by atoms with Gasteiger partial charge in [-0.25, -0.2) is 0 Å². The van der Waals surface area contributed by atoms with Crippen LogP contribution in [0.5, 0.6) is 0 Å². The monoisotopic (exact) mass is 376 g/mol. The predicted molar refractivity (Wildman–Crippen MR) is 87.2 cm³/mol. The van der Waals surface area contributed by atoms with Gasteiger partial charge in [-0.15, -0.1) is 0 Å². The Bertz CT molecular complexity index is 376. The summed E-state index contributed by atoms with van der Waals surface area (Å²) in [6.07, 6.45) is 0. The van der Waals surface area contributed by atoms with Crippen LogP contribution in [0.15, 0.2) is 0 Å². The molecule has 0 aromatic rings. The van der Waals surface area contributed by atoms with Crippen molar-refractivity contribution >= 4 is 26.4 Å². The third-order valence-electron chi connectivity index (χ3n) is 3.21. The van der Waals surface area contributed by atoms with Crippen molar-refractivity contribution in [2.45, 2.75) is 39.0 Å². The average Bonchev–Trinajstić information content (AvgIpc) is 2.83. The molecule has 10 heteroatoms. The summed E-state index contributed by atoms with van der Waals surface area (Å²) in [6, 6.07) is 0. The first kappa shape index (κ1) is 20.7. The summed E-state index contributed by atoms with van der Waals surface area (Å²) < 4.78 is 59.5. The highest BCUT2D eigenvalue weighted by atomic mass is 32.2. The molecule has 132 valence electrons. The molecule has 0 amide bonds. The van der Waals surface area contributed by atoms with Crippen LogP contribution >= 0.6 is 15.2 Å². The quantitative estimate of drug-likeness (QED) is 0.427. The fourth-order valence-corrected chi connectivity index (χ4v) is 10.9. The normalized spacial score (nSPS) is 26.5. The van der Waals surface area contributed by atoms with Crippen molar-refractivity contribution in [3.8, 4) is 0 Å². The van der Waals surface area contributed by atoms with Crippen molar-refractivity contribution in [2.75, 3.05) is 37.9 Å². The van der Waals surface area contributed by atoms with Crippen LogP contribution in [0.3, 0.4) is 0 Å². The first-order valence-electron chi connectivity index (χ1n) is 7.49. The Labute approximate surface area is 135 Å². The molecule has 0 aromatic carbocycles. The Morgan fingerprint density at radius 2 is 1.09 bits per heavy atom. The van der Waals surface area contributed by atoms with Gasteiger partial charge < -0.3 is 22.6 Å². The van der Waals surface area contributed by atoms with Gasteiger partial charge in [0.25, 0.3) is 0 Å². The van der Waals surface area contributed by atoms with Crippen molar-refractivity contribution in [1.82, 2.24) is 0 Å². The molecule has 1 heterocycles. The van der Waals surface area contributed by atoms with Gasteiger partial charge in [-0.3, -0.25) is 9.13 Å². The second-order valence-corrected chi connectivity index (χ2v) is 10.7. The smallest absolute Gasteiger partial charge is 0.339 e. The van der Waals surface area contributed by atoms with Gasteiger partial charge in [-0.05, 0) is 27.7 Å². The van der Waals surface area contributed by atoms with Crippen molar-refractivity contribution < 1.29 is 31.8 Å². The molecule has 2 unspecified atom stereocenters. The number of rotatable bonds is 10. The summed E-state index contributed by atoms with van der Waals surface area (Å²) in [5.41, 5.74) is -1.48. The first-order valence-corrected chi connectivity index (χ1v) is 12.2. The molecule has 0 radical (unpaired) electrons. The van der Waals surface area contributed by atoms with Gasteiger partial charge >= 0.3 is 15.2 Å². The summed E-state index contributed by atoms with van der Waals surface area (Å²) in [6.45, 7) is 7.60. The lowest BCUT2D eigenvalue weighted by Gasteiger charge is -2.29. The van der Waals surface area contributed by atoms with E-state index >= 15 is 0 Å². The molecule has 0 spiro atoms. The van der Waals surface area contributed by atoms with E-state index in [-0.39, 0.29) is 37.9 Å². The molecule has 7 nitrogen and oxygen atoms in total. The van der Waals surface area contributed by atoms with Crippen molar-refractivity contribution in [2.24, 2.45) is 0 Å². The average molecular weight is 376 g/mol. The molecule has 1 aliphatic rings. The maximum Gasteiger partial charge on any atom is 0.339 e. The minimum absolute atomic E-state index is 0.117. The highest BCUT2D eigenvalue weighted by molar-refractivity contribution is 7.92. The zero-order chi connectivity index (χ0) is 16.8. The van der Waals surface area contributed by atoms with Crippen molar-refractivity contribution in [3.05, 3.63) is 0 Å². The molecule has 1 saturated heterocycles. The van der Waals surface area contributed by atoms with Crippen LogP contribution in [-0.4, -0.2) is 53.8 Å². The molecule has 0 aromatic heterocycles. The molecule has 0 bridgehead atoms. The third kappa shape index (κ3) is 4.81. The molecular weight excluding hydrogens is 350 g/mol. The Hall–Kier alpha value is 0.610. The van der Waals surface area contributed by atoms with E-state index in [1.165, 1.54) is 0 Å². The van der Waals surface area contributed by atoms with Crippen LogP contribution in [0.2, 0.25) is 0 Å². The Morgan fingerprint density at radius 3 is 1.32 bits per heavy atom. The Kier molecular flexibility index (Phi) is 8.62. The van der Waals surface area contributed by atoms with Crippen molar-refractivity contribution in [1.29, 1.82) is 0 Å². The molecule has 1 rings (SSSR count). The van der Waals surface area contributed by atoms with E-state index in [9.17, 15) is 13.7 Å². The van der Waals surface area contributed by atoms with E-state index in [4.69, 9.17) is 18.1 Å². The predicted octanol–water partition coefficient (Wildman–Crippen LogP) is 3.02. The van der Waals surface area contributed by atoms with Crippen LogP contribution in [0.25, 0.3) is 0 Å². The SMILES string of the molecule is CCOP(=O)(OCC)C1C[S+]([O-])CC1P(=O)(OCC)OCC. The van der Waals surface area contributed by atoms with Gasteiger partial charge in [0, 0.05) is 0 Å². The summed E-state index contributed by atoms with van der Waals surface area (Å²) in [5, 5.41) is 0. The molecule has 0 N–H and O–H groups in total. The summed E-state index contributed by atoms with van der Waals surface area (Å²) >= 11 is -1.25. The van der Waals surface area contributed by atoms with E-state index in [1.54, 1.807) is 27.7 Å². The number of hydrogen-bond donors (Lipinski definition) is 0. The zero-order valence-electron chi connectivity index (χ0n) is 13.6. The van der Waals surface area contributed by atoms with Crippen LogP contribution in [-0.2, 0) is 38.4 Å². The van der Waals surface area contributed by atoms with E-state index in [0.29, 0.717) is 0 Å². The standard InChI is InChI=1S/C12H26O7P2S/c1-5-16-20(13,17-6-2)11-9-22(15)10-12(11)21(14,18-7-3)19-8-4/h11-12H,5-10H2,1-4H3. The van der Waals surface area contributed by atoms with Crippen LogP contribution < -0.4 is 0 Å². The van der Waals surface area contributed by atoms with Crippen LogP contribution in [0, 0.1) is 0 Å². The van der Waals surface area contributed by atoms with Gasteiger partial charge in [0.2, 0.25) is 0 Å². The molecule has 1 aliphatic heterocycles. The van der Waals surface area contributed by atoms with E-state index in [0.717, 1.165) is 0 Å². The van der Waals surface area contributed by atoms with Gasteiger partial charge in [0.1, 0.15) is 22.8 Å². The minimum Gasteiger partial charge on any atom is -0.616 e. The second-order valence-electron chi connectivity index (χ2n) is 4.66. The maximum absolute atomic E-state index is 13.0. The minimum atomic E-state index is -3.53. The van der Waals surface area contributed by atoms with Crippen molar-refractivity contribution in [3.63, 3.8) is 0 Å². The zero-order valence-corrected chi connectivity index (χ0v) is 16.2. The third-order valence-corrected chi connectivity index (χ3v) is 10.6. The van der Waals surface area contributed by atoms with E-state index in [2.05, 4.69) is 0 Å². The highest BCUT2D eigenvalue weighted by Gasteiger charge is 2.58. The molecule has 0 saturated carbocycles. The number of hydrogen-bond acceptors (Lipinski definition) is 7. The first-order chi connectivity index (χ1) is 10.4. The summed E-state index contributed by atoms with van der Waals surface area (Å²) in [7, 11) is -7.06. The van der Waals surface area contributed by atoms with E-state index < -0.39 is 37.7 Å². The lowest BCUT2D eigenvalue weighted by molar-refractivity contribution is 0.199. The molecule has 2 atom stereocenters. The highest BCUT2D eigenvalue weighted by Crippen LogP contribution is 2.66. The topological polar surface area (TPSA) is 94.1 Å². The molecule has 1 fully saturated rings. The van der Waals surface area contributed by atoms with Gasteiger partial charge in [-0.2, -0.15) is 0 Å². The maximum atomic E-state index is 13.0. The molecule has 0 aliphatic carbocycles. The molecule has 22 heavy (non-hydrogen) atoms. The van der Waals surface area contributed by atoms with Crippen LogP contribution in [0.1, 0.15) is 27.7 Å². The Morgan fingerprint density at radius 1 is 0.818 bits per heavy atom. The van der Waals surface area contributed by atoms with Gasteiger partial charge in [0.15, 0.2) is 0 Å². The lowest BCUT2D eigenvalue weighted by atomic mass is 10.4. The fraction of sp³-hybridized carbons (Fsp3) is 1.00. The van der Waals surface area contributed by atoms with Gasteiger partial charge in [-0.1, -0.05) is 11.2 Å². The molecular formula is C12H26O7P2S. The fourth-order valence-electron chi connectivity index (χ4n) is 2.45. The Balaban J connectivity index is 3.14. The summed E-state index contributed by atoms with van der Waals surface area (Å²) in [4.78, 5) is 0. The second kappa shape index (κ2) is 9.19.